The third-order valence-electron chi connectivity index (χ3n) is 1.87. The summed E-state index contributed by atoms with van der Waals surface area (Å²) in [6.45, 7) is 2.04. The molecule has 0 bridgehead atoms. The van der Waals surface area contributed by atoms with Crippen LogP contribution in [0.15, 0.2) is 28.9 Å². The molecular weight excluding hydrogens is 138 g/mol. The van der Waals surface area contributed by atoms with E-state index in [0.29, 0.717) is 5.69 Å². The van der Waals surface area contributed by atoms with Crippen molar-refractivity contribution in [1.82, 2.24) is 0 Å². The molecule has 0 saturated carbocycles. The molecule has 0 aliphatic carbocycles. The number of hydrogen-bond acceptors (Lipinski definition) is 2. The molecule has 56 valence electrons. The van der Waals surface area contributed by atoms with E-state index >= 15 is 0 Å². The van der Waals surface area contributed by atoms with Crippen LogP contribution in [0.4, 0.5) is 5.69 Å². The minimum atomic E-state index is 0.704. The predicted molar refractivity (Wildman–Crippen MR) is 45.4 cm³/mol. The molecule has 0 radical (unpaired) electrons. The first-order valence-electron chi connectivity index (χ1n) is 3.51. The molecule has 2 N–H and O–H groups in total. The van der Waals surface area contributed by atoms with Gasteiger partial charge in [0.2, 0.25) is 0 Å². The Morgan fingerprint density at radius 1 is 1.27 bits per heavy atom. The summed E-state index contributed by atoms with van der Waals surface area (Å²) in [5, 5.41) is 1.10. The molecule has 0 amide bonds. The van der Waals surface area contributed by atoms with Crippen LogP contribution in [0.25, 0.3) is 11.0 Å². The molecule has 0 fully saturated rings. The number of nitrogen functional groups attached to an aromatic ring is 1. The molecule has 0 atom stereocenters. The van der Waals surface area contributed by atoms with Gasteiger partial charge in [-0.25, -0.2) is 0 Å². The Balaban J connectivity index is 2.96. The fraction of sp³-hybridized carbons (Fsp3) is 0.111. The van der Waals surface area contributed by atoms with Crippen LogP contribution < -0.4 is 5.73 Å². The van der Waals surface area contributed by atoms with Gasteiger partial charge in [0.05, 0.1) is 12.0 Å². The Bertz CT molecular complexity index is 353. The third-order valence-corrected chi connectivity index (χ3v) is 1.87. The number of furan rings is 1. The Morgan fingerprint density at radius 2 is 2.09 bits per heavy atom. The van der Waals surface area contributed by atoms with Crippen LogP contribution in [0.2, 0.25) is 0 Å². The Morgan fingerprint density at radius 3 is 2.82 bits per heavy atom. The van der Waals surface area contributed by atoms with Gasteiger partial charge in [-0.3, -0.25) is 0 Å². The lowest BCUT2D eigenvalue weighted by Crippen LogP contribution is -1.85. The molecule has 0 saturated heterocycles. The molecule has 0 unspecified atom stereocenters. The summed E-state index contributed by atoms with van der Waals surface area (Å²) in [6, 6.07) is 5.79. The summed E-state index contributed by atoms with van der Waals surface area (Å²) in [5.41, 5.74) is 8.37. The van der Waals surface area contributed by atoms with Crippen LogP contribution in [-0.2, 0) is 0 Å². The molecule has 0 spiro atoms. The van der Waals surface area contributed by atoms with Gasteiger partial charge < -0.3 is 10.2 Å². The lowest BCUT2D eigenvalue weighted by Gasteiger charge is -1.96. The van der Waals surface area contributed by atoms with Crippen molar-refractivity contribution in [3.63, 3.8) is 0 Å². The predicted octanol–water partition coefficient (Wildman–Crippen LogP) is 2.32. The highest BCUT2D eigenvalue weighted by Crippen LogP contribution is 2.24. The molecule has 1 heterocycles. The first kappa shape index (κ1) is 6.28. The highest BCUT2D eigenvalue weighted by Gasteiger charge is 2.02. The molecule has 2 rings (SSSR count). The molecule has 1 aromatic heterocycles. The number of rotatable bonds is 0. The maximum atomic E-state index is 5.68. The molecule has 2 nitrogen and oxygen atoms in total. The van der Waals surface area contributed by atoms with E-state index in [0.717, 1.165) is 11.0 Å². The Labute approximate surface area is 64.6 Å². The maximum absolute atomic E-state index is 5.68. The number of anilines is 1. The average molecular weight is 147 g/mol. The van der Waals surface area contributed by atoms with Gasteiger partial charge in [0, 0.05) is 5.39 Å². The monoisotopic (exact) mass is 147 g/mol. The summed E-state index contributed by atoms with van der Waals surface area (Å²) in [7, 11) is 0. The lowest BCUT2D eigenvalue weighted by molar-refractivity contribution is 0.617. The second kappa shape index (κ2) is 2.02. The van der Waals surface area contributed by atoms with Gasteiger partial charge in [0.15, 0.2) is 5.58 Å². The van der Waals surface area contributed by atoms with Gasteiger partial charge in [-0.2, -0.15) is 0 Å². The quantitative estimate of drug-likeness (QED) is 0.581. The minimum Gasteiger partial charge on any atom is -0.462 e. The van der Waals surface area contributed by atoms with Crippen molar-refractivity contribution in [3.05, 3.63) is 30.0 Å². The topological polar surface area (TPSA) is 39.2 Å². The average Bonchev–Trinajstić information content (AvgIpc) is 2.45. The number of aryl methyl sites for hydroxylation is 1. The SMILES string of the molecule is Cc1ccc(N)c2occc12. The molecule has 0 aliphatic heterocycles. The summed E-state index contributed by atoms with van der Waals surface area (Å²) >= 11 is 0. The smallest absolute Gasteiger partial charge is 0.156 e. The first-order valence-corrected chi connectivity index (χ1v) is 3.51. The molecule has 0 aliphatic rings. The van der Waals surface area contributed by atoms with Crippen molar-refractivity contribution in [1.29, 1.82) is 0 Å². The van der Waals surface area contributed by atoms with E-state index in [-0.39, 0.29) is 0 Å². The maximum Gasteiger partial charge on any atom is 0.156 e. The van der Waals surface area contributed by atoms with Crippen LogP contribution >= 0.6 is 0 Å². The van der Waals surface area contributed by atoms with Crippen molar-refractivity contribution in [2.75, 3.05) is 5.73 Å². The Hall–Kier alpha value is -1.44. The van der Waals surface area contributed by atoms with Crippen molar-refractivity contribution in [3.8, 4) is 0 Å². The van der Waals surface area contributed by atoms with Gasteiger partial charge >= 0.3 is 0 Å². The summed E-state index contributed by atoms with van der Waals surface area (Å²) in [6.07, 6.45) is 1.66. The van der Waals surface area contributed by atoms with E-state index in [1.165, 1.54) is 5.56 Å². The standard InChI is InChI=1S/C9H9NO/c1-6-2-3-8(10)9-7(6)4-5-11-9/h2-5H,10H2,1H3. The van der Waals surface area contributed by atoms with Crippen LogP contribution in [0.1, 0.15) is 5.56 Å². The number of nitrogens with two attached hydrogens (primary N) is 1. The molecule has 11 heavy (non-hydrogen) atoms. The highest BCUT2D eigenvalue weighted by atomic mass is 16.3. The third kappa shape index (κ3) is 0.792. The zero-order chi connectivity index (χ0) is 7.84. The van der Waals surface area contributed by atoms with Gasteiger partial charge in [0.1, 0.15) is 0 Å². The second-order valence-electron chi connectivity index (χ2n) is 2.64. The Kier molecular flexibility index (Phi) is 1.15. The summed E-state index contributed by atoms with van der Waals surface area (Å²) < 4.78 is 5.20. The van der Waals surface area contributed by atoms with Crippen molar-refractivity contribution in [2.45, 2.75) is 6.92 Å². The highest BCUT2D eigenvalue weighted by molar-refractivity contribution is 5.90. The molecule has 2 heteroatoms. The number of benzene rings is 1. The second-order valence-corrected chi connectivity index (χ2v) is 2.64. The minimum absolute atomic E-state index is 0.704. The van der Waals surface area contributed by atoms with Crippen LogP contribution in [0.3, 0.4) is 0 Å². The molecular formula is C9H9NO. The van der Waals surface area contributed by atoms with Crippen molar-refractivity contribution >= 4 is 16.7 Å². The summed E-state index contributed by atoms with van der Waals surface area (Å²) in [4.78, 5) is 0. The number of fused-ring (bicyclic) bond motifs is 1. The van der Waals surface area contributed by atoms with Gasteiger partial charge in [0.25, 0.3) is 0 Å². The van der Waals surface area contributed by atoms with E-state index in [2.05, 4.69) is 0 Å². The van der Waals surface area contributed by atoms with Crippen molar-refractivity contribution < 1.29 is 4.42 Å². The van der Waals surface area contributed by atoms with Gasteiger partial charge in [-0.1, -0.05) is 6.07 Å². The lowest BCUT2D eigenvalue weighted by atomic mass is 10.1. The first-order chi connectivity index (χ1) is 5.29. The fourth-order valence-corrected chi connectivity index (χ4v) is 1.22. The van der Waals surface area contributed by atoms with E-state index in [4.69, 9.17) is 10.2 Å². The summed E-state index contributed by atoms with van der Waals surface area (Å²) in [5.74, 6) is 0. The zero-order valence-electron chi connectivity index (χ0n) is 6.29. The van der Waals surface area contributed by atoms with Crippen molar-refractivity contribution in [2.24, 2.45) is 0 Å². The zero-order valence-corrected chi connectivity index (χ0v) is 6.29. The van der Waals surface area contributed by atoms with E-state index in [1.54, 1.807) is 6.26 Å². The number of hydrogen-bond donors (Lipinski definition) is 1. The molecule has 1 aromatic carbocycles. The molecule has 2 aromatic rings. The largest absolute Gasteiger partial charge is 0.462 e. The van der Waals surface area contributed by atoms with Crippen LogP contribution in [0, 0.1) is 6.92 Å². The van der Waals surface area contributed by atoms with E-state index in [9.17, 15) is 0 Å². The van der Waals surface area contributed by atoms with E-state index < -0.39 is 0 Å². The van der Waals surface area contributed by atoms with E-state index in [1.807, 2.05) is 25.1 Å². The fourth-order valence-electron chi connectivity index (χ4n) is 1.22. The van der Waals surface area contributed by atoms with Gasteiger partial charge in [-0.05, 0) is 24.6 Å². The van der Waals surface area contributed by atoms with Gasteiger partial charge in [-0.15, -0.1) is 0 Å². The normalized spacial score (nSPS) is 10.6. The van der Waals surface area contributed by atoms with Crippen LogP contribution in [-0.4, -0.2) is 0 Å². The van der Waals surface area contributed by atoms with Crippen LogP contribution in [0.5, 0.6) is 0 Å².